The molecule has 2 rings (SSSR count). The maximum atomic E-state index is 10.3. The van der Waals surface area contributed by atoms with Crippen molar-refractivity contribution in [2.45, 2.75) is 31.8 Å². The van der Waals surface area contributed by atoms with Crippen LogP contribution < -0.4 is 0 Å². The number of hydrogen-bond acceptors (Lipinski definition) is 2. The summed E-state index contributed by atoms with van der Waals surface area (Å²) < 4.78 is 6.15. The van der Waals surface area contributed by atoms with Gasteiger partial charge < -0.3 is 9.52 Å². The summed E-state index contributed by atoms with van der Waals surface area (Å²) in [5.74, 6) is 1.02. The molecule has 0 amide bonds. The molecule has 1 heterocycles. The smallest absolute Gasteiger partial charge is 0.149 e. The summed E-state index contributed by atoms with van der Waals surface area (Å²) in [4.78, 5) is 0. The quantitative estimate of drug-likeness (QED) is 0.868. The zero-order valence-corrected chi connectivity index (χ0v) is 9.17. The molecule has 1 saturated carbocycles. The van der Waals surface area contributed by atoms with Gasteiger partial charge in [0.15, 0.2) is 0 Å². The van der Waals surface area contributed by atoms with Crippen molar-refractivity contribution in [1.82, 2.24) is 0 Å². The second-order valence-corrected chi connectivity index (χ2v) is 4.73. The van der Waals surface area contributed by atoms with Gasteiger partial charge in [0, 0.05) is 0 Å². The van der Waals surface area contributed by atoms with Gasteiger partial charge in [-0.25, -0.2) is 0 Å². The summed E-state index contributed by atoms with van der Waals surface area (Å²) >= 11 is 3.37. The van der Waals surface area contributed by atoms with E-state index in [2.05, 4.69) is 15.9 Å². The van der Waals surface area contributed by atoms with Crippen molar-refractivity contribution in [3.05, 3.63) is 22.6 Å². The largest absolute Gasteiger partial charge is 0.465 e. The Bertz CT molecular complexity index is 300. The number of halogens is 1. The Morgan fingerprint density at radius 1 is 1.62 bits per heavy atom. The van der Waals surface area contributed by atoms with Crippen molar-refractivity contribution in [3.8, 4) is 0 Å². The summed E-state index contributed by atoms with van der Waals surface area (Å²) in [5, 5.41) is 10.3. The van der Waals surface area contributed by atoms with Gasteiger partial charge in [0.1, 0.15) is 11.4 Å². The second kappa shape index (κ2) is 3.14. The van der Waals surface area contributed by atoms with E-state index in [1.165, 1.54) is 6.42 Å². The fourth-order valence-electron chi connectivity index (χ4n) is 1.81. The van der Waals surface area contributed by atoms with Gasteiger partial charge in [-0.3, -0.25) is 0 Å². The Balaban J connectivity index is 2.27. The molecule has 0 saturated heterocycles. The highest BCUT2D eigenvalue weighted by atomic mass is 79.9. The van der Waals surface area contributed by atoms with Gasteiger partial charge >= 0.3 is 0 Å². The van der Waals surface area contributed by atoms with Crippen LogP contribution in [0.5, 0.6) is 0 Å². The minimum absolute atomic E-state index is 0.356. The van der Waals surface area contributed by atoms with E-state index in [1.807, 2.05) is 13.0 Å². The van der Waals surface area contributed by atoms with Crippen LogP contribution in [0.15, 0.2) is 21.2 Å². The second-order valence-electron chi connectivity index (χ2n) is 3.87. The Hall–Kier alpha value is -0.280. The summed E-state index contributed by atoms with van der Waals surface area (Å²) in [5.41, 5.74) is -0.805. The van der Waals surface area contributed by atoms with Crippen molar-refractivity contribution in [2.24, 2.45) is 5.92 Å². The van der Waals surface area contributed by atoms with Crippen molar-refractivity contribution in [2.75, 3.05) is 0 Å². The predicted octanol–water partition coefficient (Wildman–Crippen LogP) is 3.05. The normalized spacial score (nSPS) is 22.4. The van der Waals surface area contributed by atoms with Crippen LogP contribution >= 0.6 is 15.9 Å². The molecule has 1 fully saturated rings. The van der Waals surface area contributed by atoms with Crippen molar-refractivity contribution in [1.29, 1.82) is 0 Å². The van der Waals surface area contributed by atoms with E-state index in [4.69, 9.17) is 4.42 Å². The summed E-state index contributed by atoms with van der Waals surface area (Å²) in [6.07, 6.45) is 5.02. The molecule has 1 aliphatic rings. The topological polar surface area (TPSA) is 33.4 Å². The van der Waals surface area contributed by atoms with Gasteiger partial charge in [0.2, 0.25) is 0 Å². The SMILES string of the molecule is CC(O)(c1occc1Br)C1CCC1. The highest BCUT2D eigenvalue weighted by molar-refractivity contribution is 9.10. The van der Waals surface area contributed by atoms with Crippen LogP contribution in [0.1, 0.15) is 31.9 Å². The van der Waals surface area contributed by atoms with Crippen molar-refractivity contribution < 1.29 is 9.52 Å². The third-order valence-corrected chi connectivity index (χ3v) is 3.60. The summed E-state index contributed by atoms with van der Waals surface area (Å²) in [7, 11) is 0. The molecule has 0 bridgehead atoms. The van der Waals surface area contributed by atoms with E-state index in [-0.39, 0.29) is 0 Å². The van der Waals surface area contributed by atoms with Gasteiger partial charge in [0.05, 0.1) is 10.7 Å². The Kier molecular flexibility index (Phi) is 2.24. The molecular formula is C10H13BrO2. The van der Waals surface area contributed by atoms with Crippen LogP contribution in [0.25, 0.3) is 0 Å². The molecule has 0 spiro atoms. The van der Waals surface area contributed by atoms with E-state index in [0.717, 1.165) is 17.3 Å². The fraction of sp³-hybridized carbons (Fsp3) is 0.600. The lowest BCUT2D eigenvalue weighted by Gasteiger charge is -2.37. The lowest BCUT2D eigenvalue weighted by Crippen LogP contribution is -2.36. The molecule has 1 atom stereocenters. The maximum absolute atomic E-state index is 10.3. The molecule has 1 aromatic heterocycles. The molecule has 0 aromatic carbocycles. The van der Waals surface area contributed by atoms with Gasteiger partial charge in [-0.2, -0.15) is 0 Å². The van der Waals surface area contributed by atoms with Crippen LogP contribution in [0.4, 0.5) is 0 Å². The highest BCUT2D eigenvalue weighted by Gasteiger charge is 2.40. The summed E-state index contributed by atoms with van der Waals surface area (Å²) in [6, 6.07) is 1.82. The molecule has 2 nitrogen and oxygen atoms in total. The van der Waals surface area contributed by atoms with Crippen LogP contribution in [0, 0.1) is 5.92 Å². The van der Waals surface area contributed by atoms with Gasteiger partial charge in [-0.1, -0.05) is 6.42 Å². The first-order valence-electron chi connectivity index (χ1n) is 4.58. The Labute approximate surface area is 86.1 Å². The van der Waals surface area contributed by atoms with Crippen molar-refractivity contribution >= 4 is 15.9 Å². The average Bonchev–Trinajstić information content (AvgIpc) is 2.29. The van der Waals surface area contributed by atoms with Crippen LogP contribution in [0.3, 0.4) is 0 Å². The van der Waals surface area contributed by atoms with Crippen LogP contribution in [0.2, 0.25) is 0 Å². The molecule has 1 N–H and O–H groups in total. The molecule has 3 heteroatoms. The molecule has 1 aromatic rings. The lowest BCUT2D eigenvalue weighted by molar-refractivity contribution is -0.0568. The Morgan fingerprint density at radius 3 is 2.69 bits per heavy atom. The summed E-state index contributed by atoms with van der Waals surface area (Å²) in [6.45, 7) is 1.83. The molecule has 13 heavy (non-hydrogen) atoms. The number of hydrogen-bond donors (Lipinski definition) is 1. The Morgan fingerprint density at radius 2 is 2.31 bits per heavy atom. The molecule has 0 radical (unpaired) electrons. The molecule has 1 aliphatic carbocycles. The number of aliphatic hydroxyl groups is 1. The van der Waals surface area contributed by atoms with Gasteiger partial charge in [0.25, 0.3) is 0 Å². The lowest BCUT2D eigenvalue weighted by atomic mass is 9.73. The third-order valence-electron chi connectivity index (χ3n) is 2.98. The van der Waals surface area contributed by atoms with Gasteiger partial charge in [-0.05, 0) is 47.7 Å². The van der Waals surface area contributed by atoms with Crippen molar-refractivity contribution in [3.63, 3.8) is 0 Å². The molecule has 1 unspecified atom stereocenters. The zero-order chi connectivity index (χ0) is 9.47. The van der Waals surface area contributed by atoms with Gasteiger partial charge in [-0.15, -0.1) is 0 Å². The average molecular weight is 245 g/mol. The minimum atomic E-state index is -0.805. The van der Waals surface area contributed by atoms with E-state index in [0.29, 0.717) is 11.7 Å². The maximum Gasteiger partial charge on any atom is 0.149 e. The molecule has 72 valence electrons. The first-order valence-corrected chi connectivity index (χ1v) is 5.37. The van der Waals surface area contributed by atoms with E-state index in [9.17, 15) is 5.11 Å². The number of furan rings is 1. The standard InChI is InChI=1S/C10H13BrO2/c1-10(12,7-3-2-4-7)9-8(11)5-6-13-9/h5-7,12H,2-4H2,1H3. The van der Waals surface area contributed by atoms with Crippen LogP contribution in [-0.4, -0.2) is 5.11 Å². The number of rotatable bonds is 2. The highest BCUT2D eigenvalue weighted by Crippen LogP contribution is 2.44. The van der Waals surface area contributed by atoms with Crippen LogP contribution in [-0.2, 0) is 5.60 Å². The zero-order valence-electron chi connectivity index (χ0n) is 7.59. The first-order chi connectivity index (χ1) is 6.12. The molecular weight excluding hydrogens is 232 g/mol. The third kappa shape index (κ3) is 1.44. The minimum Gasteiger partial charge on any atom is -0.465 e. The molecule has 0 aliphatic heterocycles. The van der Waals surface area contributed by atoms with E-state index < -0.39 is 5.60 Å². The van der Waals surface area contributed by atoms with E-state index in [1.54, 1.807) is 6.26 Å². The first kappa shape index (κ1) is 9.28. The predicted molar refractivity (Wildman–Crippen MR) is 53.3 cm³/mol. The monoisotopic (exact) mass is 244 g/mol. The van der Waals surface area contributed by atoms with E-state index >= 15 is 0 Å². The fourth-order valence-corrected chi connectivity index (χ4v) is 2.41.